The van der Waals surface area contributed by atoms with E-state index in [1.165, 1.54) is 0 Å². The highest BCUT2D eigenvalue weighted by Gasteiger charge is 1.87. The van der Waals surface area contributed by atoms with Gasteiger partial charge in [-0.15, -0.1) is 0 Å². The van der Waals surface area contributed by atoms with E-state index < -0.39 is 16.6 Å². The van der Waals surface area contributed by atoms with Crippen LogP contribution in [-0.4, -0.2) is 23.2 Å². The fraction of sp³-hybridized carbons (Fsp3) is 0.250. The van der Waals surface area contributed by atoms with Crippen LogP contribution in [0.2, 0.25) is 0 Å². The minimum atomic E-state index is -0.569. The molecule has 14 heavy (non-hydrogen) atoms. The minimum absolute atomic E-state index is 0.347. The molecule has 0 spiro atoms. The standard InChI is InChI=1S/C6H4F2.C2H5NO3/c7-5-1-2-6(8)4-3-5;4-2-1-3(5)6/h1-4H;4H,1-2H2. The summed E-state index contributed by atoms with van der Waals surface area (Å²) < 4.78 is 23.8. The minimum Gasteiger partial charge on any atom is -0.390 e. The molecule has 0 amide bonds. The van der Waals surface area contributed by atoms with E-state index in [1.807, 2.05) is 0 Å². The fourth-order valence-corrected chi connectivity index (χ4v) is 0.511. The molecule has 0 aliphatic heterocycles. The summed E-state index contributed by atoms with van der Waals surface area (Å²) in [5, 5.41) is 17.0. The van der Waals surface area contributed by atoms with Crippen molar-refractivity contribution in [3.8, 4) is 0 Å². The molecular weight excluding hydrogens is 196 g/mol. The van der Waals surface area contributed by atoms with Crippen molar-refractivity contribution >= 4 is 0 Å². The second kappa shape index (κ2) is 6.90. The van der Waals surface area contributed by atoms with Crippen LogP contribution in [0.4, 0.5) is 8.78 Å². The summed E-state index contributed by atoms with van der Waals surface area (Å²) >= 11 is 0. The van der Waals surface area contributed by atoms with E-state index >= 15 is 0 Å². The molecular formula is C8H9F2NO3. The van der Waals surface area contributed by atoms with Crippen LogP contribution in [0.25, 0.3) is 0 Å². The monoisotopic (exact) mass is 205 g/mol. The van der Waals surface area contributed by atoms with Crippen LogP contribution in [-0.2, 0) is 0 Å². The van der Waals surface area contributed by atoms with Gasteiger partial charge in [0.15, 0.2) is 0 Å². The van der Waals surface area contributed by atoms with Crippen molar-refractivity contribution in [3.05, 3.63) is 46.0 Å². The number of halogens is 2. The molecule has 0 saturated heterocycles. The number of hydrogen-bond acceptors (Lipinski definition) is 3. The molecule has 0 atom stereocenters. The number of rotatable bonds is 2. The number of aliphatic hydroxyl groups is 1. The summed E-state index contributed by atoms with van der Waals surface area (Å²) in [5.74, 6) is -0.821. The van der Waals surface area contributed by atoms with Crippen LogP contribution in [0.1, 0.15) is 0 Å². The van der Waals surface area contributed by atoms with Gasteiger partial charge in [0.1, 0.15) is 18.2 Å². The van der Waals surface area contributed by atoms with E-state index in [2.05, 4.69) is 0 Å². The lowest BCUT2D eigenvalue weighted by Gasteiger charge is -1.83. The summed E-state index contributed by atoms with van der Waals surface area (Å²) in [6.07, 6.45) is 0. The van der Waals surface area contributed by atoms with Crippen molar-refractivity contribution in [3.63, 3.8) is 0 Å². The van der Waals surface area contributed by atoms with Crippen LogP contribution in [0.3, 0.4) is 0 Å². The largest absolute Gasteiger partial charge is 0.390 e. The normalized spacial score (nSPS) is 8.79. The third-order valence-electron chi connectivity index (χ3n) is 1.09. The number of nitrogens with zero attached hydrogens (tertiary/aromatic N) is 1. The maximum absolute atomic E-state index is 11.9. The van der Waals surface area contributed by atoms with Crippen molar-refractivity contribution in [1.29, 1.82) is 0 Å². The lowest BCUT2D eigenvalue weighted by molar-refractivity contribution is -0.482. The Bertz CT molecular complexity index is 255. The van der Waals surface area contributed by atoms with Gasteiger partial charge in [-0.3, -0.25) is 10.1 Å². The summed E-state index contributed by atoms with van der Waals surface area (Å²) in [6, 6.07) is 4.31. The molecule has 1 aromatic carbocycles. The van der Waals surface area contributed by atoms with Gasteiger partial charge in [-0.25, -0.2) is 8.78 Å². The Morgan fingerprint density at radius 2 is 1.57 bits per heavy atom. The Kier molecular flexibility index (Phi) is 6.13. The first kappa shape index (κ1) is 12.4. The van der Waals surface area contributed by atoms with Gasteiger partial charge in [0, 0.05) is 4.92 Å². The van der Waals surface area contributed by atoms with E-state index in [4.69, 9.17) is 5.11 Å². The summed E-state index contributed by atoms with van der Waals surface area (Å²) in [4.78, 5) is 8.68. The summed E-state index contributed by atoms with van der Waals surface area (Å²) in [5.41, 5.74) is 0. The van der Waals surface area contributed by atoms with Crippen molar-refractivity contribution in [1.82, 2.24) is 0 Å². The molecule has 0 saturated carbocycles. The SMILES string of the molecule is Fc1ccc(F)cc1.O=[N+]([O-])CCO. The maximum Gasteiger partial charge on any atom is 0.226 e. The van der Waals surface area contributed by atoms with Crippen LogP contribution >= 0.6 is 0 Å². The Balaban J connectivity index is 0.000000255. The highest BCUT2D eigenvalue weighted by atomic mass is 19.1. The summed E-state index contributed by atoms with van der Waals surface area (Å²) in [6.45, 7) is -0.715. The molecule has 0 aliphatic carbocycles. The molecule has 1 aromatic rings. The number of nitro groups is 1. The molecule has 0 radical (unpaired) electrons. The molecule has 0 aromatic heterocycles. The van der Waals surface area contributed by atoms with Crippen LogP contribution in [0, 0.1) is 21.7 Å². The van der Waals surface area contributed by atoms with Crippen molar-refractivity contribution in [2.75, 3.05) is 13.2 Å². The molecule has 0 bridgehead atoms. The van der Waals surface area contributed by atoms with Gasteiger partial charge < -0.3 is 5.11 Å². The average Bonchev–Trinajstić information content (AvgIpc) is 2.11. The lowest BCUT2D eigenvalue weighted by atomic mass is 10.3. The molecule has 4 nitrogen and oxygen atoms in total. The third-order valence-corrected chi connectivity index (χ3v) is 1.09. The number of aliphatic hydroxyl groups excluding tert-OH is 1. The molecule has 1 N–H and O–H groups in total. The molecule has 0 heterocycles. The predicted octanol–water partition coefficient (Wildman–Crippen LogP) is 1.22. The highest BCUT2D eigenvalue weighted by Crippen LogP contribution is 1.98. The molecule has 0 aliphatic rings. The quantitative estimate of drug-likeness (QED) is 0.583. The first-order valence-electron chi connectivity index (χ1n) is 3.70. The van der Waals surface area contributed by atoms with Gasteiger partial charge >= 0.3 is 0 Å². The highest BCUT2D eigenvalue weighted by molar-refractivity contribution is 5.04. The Morgan fingerprint density at radius 3 is 1.71 bits per heavy atom. The average molecular weight is 205 g/mol. The Morgan fingerprint density at radius 1 is 1.21 bits per heavy atom. The van der Waals surface area contributed by atoms with Gasteiger partial charge in [-0.05, 0) is 24.3 Å². The van der Waals surface area contributed by atoms with E-state index in [9.17, 15) is 18.9 Å². The molecule has 0 unspecified atom stereocenters. The maximum atomic E-state index is 11.9. The van der Waals surface area contributed by atoms with Crippen LogP contribution < -0.4 is 0 Å². The predicted molar refractivity (Wildman–Crippen MR) is 45.3 cm³/mol. The van der Waals surface area contributed by atoms with Crippen molar-refractivity contribution < 1.29 is 18.8 Å². The van der Waals surface area contributed by atoms with Gasteiger partial charge in [0.25, 0.3) is 0 Å². The van der Waals surface area contributed by atoms with E-state index in [-0.39, 0.29) is 13.2 Å². The van der Waals surface area contributed by atoms with Crippen LogP contribution in [0.15, 0.2) is 24.3 Å². The smallest absolute Gasteiger partial charge is 0.226 e. The number of hydrogen-bond donors (Lipinski definition) is 1. The first-order valence-corrected chi connectivity index (χ1v) is 3.70. The summed E-state index contributed by atoms with van der Waals surface area (Å²) in [7, 11) is 0. The van der Waals surface area contributed by atoms with Crippen LogP contribution in [0.5, 0.6) is 0 Å². The zero-order chi connectivity index (χ0) is 11.0. The number of benzene rings is 1. The Hall–Kier alpha value is -1.56. The van der Waals surface area contributed by atoms with Gasteiger partial charge in [-0.2, -0.15) is 0 Å². The first-order chi connectivity index (χ1) is 6.56. The molecule has 78 valence electrons. The van der Waals surface area contributed by atoms with Gasteiger partial charge in [-0.1, -0.05) is 0 Å². The van der Waals surface area contributed by atoms with E-state index in [0.29, 0.717) is 0 Å². The van der Waals surface area contributed by atoms with Gasteiger partial charge in [0.2, 0.25) is 6.54 Å². The fourth-order valence-electron chi connectivity index (χ4n) is 0.511. The van der Waals surface area contributed by atoms with Gasteiger partial charge in [0.05, 0.1) is 0 Å². The Labute approximate surface area is 78.9 Å². The van der Waals surface area contributed by atoms with Crippen molar-refractivity contribution in [2.24, 2.45) is 0 Å². The second-order valence-electron chi connectivity index (χ2n) is 2.22. The zero-order valence-electron chi connectivity index (χ0n) is 7.19. The molecule has 0 fully saturated rings. The third kappa shape index (κ3) is 7.11. The zero-order valence-corrected chi connectivity index (χ0v) is 7.19. The van der Waals surface area contributed by atoms with E-state index in [1.54, 1.807) is 0 Å². The lowest BCUT2D eigenvalue weighted by Crippen LogP contribution is -2.03. The molecule has 6 heteroatoms. The van der Waals surface area contributed by atoms with E-state index in [0.717, 1.165) is 24.3 Å². The topological polar surface area (TPSA) is 63.4 Å². The molecule has 1 rings (SSSR count). The second-order valence-corrected chi connectivity index (χ2v) is 2.22. The van der Waals surface area contributed by atoms with Crippen molar-refractivity contribution in [2.45, 2.75) is 0 Å².